The molecular weight excluding hydrogens is 226 g/mol. The Hall–Kier alpha value is -2.24. The first-order chi connectivity index (χ1) is 8.08. The minimum atomic E-state index is -0.915. The van der Waals surface area contributed by atoms with Crippen molar-refractivity contribution in [2.24, 2.45) is 7.05 Å². The van der Waals surface area contributed by atoms with Gasteiger partial charge in [-0.2, -0.15) is 0 Å². The van der Waals surface area contributed by atoms with Crippen molar-refractivity contribution in [3.63, 3.8) is 0 Å². The average Bonchev–Trinajstić information content (AvgIpc) is 2.55. The normalized spacial score (nSPS) is 10.6. The van der Waals surface area contributed by atoms with E-state index < -0.39 is 11.7 Å². The number of carboxylic acid groups (broad SMARTS) is 1. The van der Waals surface area contributed by atoms with Crippen LogP contribution in [-0.2, 0) is 11.8 Å². The van der Waals surface area contributed by atoms with Gasteiger partial charge in [-0.15, -0.1) is 0 Å². The van der Waals surface area contributed by atoms with Crippen molar-refractivity contribution in [3.05, 3.63) is 28.7 Å². The highest BCUT2D eigenvalue weighted by Crippen LogP contribution is 2.19. The van der Waals surface area contributed by atoms with Gasteiger partial charge in [-0.25, -0.2) is 4.79 Å². The van der Waals surface area contributed by atoms with Crippen LogP contribution in [0, 0.1) is 0 Å². The average molecular weight is 237 g/mol. The molecule has 0 radical (unpaired) electrons. The van der Waals surface area contributed by atoms with E-state index in [4.69, 9.17) is 14.3 Å². The van der Waals surface area contributed by atoms with E-state index in [-0.39, 0.29) is 13.0 Å². The highest BCUT2D eigenvalue weighted by Gasteiger charge is 2.07. The summed E-state index contributed by atoms with van der Waals surface area (Å²) < 4.78 is 11.6. The largest absolute Gasteiger partial charge is 0.493 e. The number of ether oxygens (including phenoxy) is 1. The molecule has 0 aliphatic rings. The van der Waals surface area contributed by atoms with E-state index in [1.54, 1.807) is 25.2 Å². The molecule has 0 atom stereocenters. The molecule has 1 heterocycles. The molecule has 90 valence electrons. The highest BCUT2D eigenvalue weighted by atomic mass is 16.5. The molecule has 6 nitrogen and oxygen atoms in total. The lowest BCUT2D eigenvalue weighted by Gasteiger charge is -2.03. The van der Waals surface area contributed by atoms with Crippen LogP contribution in [-0.4, -0.2) is 22.2 Å². The summed E-state index contributed by atoms with van der Waals surface area (Å²) in [6, 6.07) is 4.89. The summed E-state index contributed by atoms with van der Waals surface area (Å²) in [4.78, 5) is 21.5. The summed E-state index contributed by atoms with van der Waals surface area (Å²) in [5, 5.41) is 8.47. The lowest BCUT2D eigenvalue weighted by atomic mass is 10.3. The SMILES string of the molecule is Cn1c(=O)oc2ccc(OCCC(=O)O)cc21. The summed E-state index contributed by atoms with van der Waals surface area (Å²) in [6.45, 7) is 0.0899. The van der Waals surface area contributed by atoms with Crippen LogP contribution in [0.1, 0.15) is 6.42 Å². The Kier molecular flexibility index (Phi) is 2.86. The third-order valence-corrected chi connectivity index (χ3v) is 2.35. The Bertz CT molecular complexity index is 610. The minimum absolute atomic E-state index is 0.0671. The quantitative estimate of drug-likeness (QED) is 0.857. The zero-order valence-electron chi connectivity index (χ0n) is 9.17. The first-order valence-corrected chi connectivity index (χ1v) is 5.02. The molecule has 0 aliphatic heterocycles. The summed E-state index contributed by atoms with van der Waals surface area (Å²) in [5.74, 6) is -0.848. The second-order valence-corrected chi connectivity index (χ2v) is 3.55. The molecule has 2 aromatic rings. The topological polar surface area (TPSA) is 81.7 Å². The number of hydrogen-bond donors (Lipinski definition) is 1. The van der Waals surface area contributed by atoms with Gasteiger partial charge in [0, 0.05) is 13.1 Å². The zero-order chi connectivity index (χ0) is 12.4. The standard InChI is InChI=1S/C11H11NO5/c1-12-8-6-7(16-5-4-10(13)14)2-3-9(8)17-11(12)15/h2-3,6H,4-5H2,1H3,(H,13,14). The number of nitrogens with zero attached hydrogens (tertiary/aromatic N) is 1. The fourth-order valence-electron chi connectivity index (χ4n) is 1.45. The maximum atomic E-state index is 11.2. The highest BCUT2D eigenvalue weighted by molar-refractivity contribution is 5.74. The molecule has 1 aromatic heterocycles. The van der Waals surface area contributed by atoms with Crippen molar-refractivity contribution >= 4 is 17.1 Å². The Morgan fingerprint density at radius 2 is 2.29 bits per heavy atom. The molecule has 0 bridgehead atoms. The number of fused-ring (bicyclic) bond motifs is 1. The number of aromatic nitrogens is 1. The zero-order valence-corrected chi connectivity index (χ0v) is 9.17. The van der Waals surface area contributed by atoms with E-state index >= 15 is 0 Å². The molecule has 0 saturated carbocycles. The molecule has 1 aromatic carbocycles. The second kappa shape index (κ2) is 4.32. The molecule has 2 rings (SSSR count). The first kappa shape index (κ1) is 11.3. The van der Waals surface area contributed by atoms with Gasteiger partial charge in [0.15, 0.2) is 5.58 Å². The van der Waals surface area contributed by atoms with Crippen molar-refractivity contribution < 1.29 is 19.1 Å². The van der Waals surface area contributed by atoms with E-state index in [0.29, 0.717) is 16.8 Å². The Labute approximate surface area is 96.0 Å². The predicted molar refractivity (Wildman–Crippen MR) is 59.2 cm³/mol. The van der Waals surface area contributed by atoms with Gasteiger partial charge < -0.3 is 14.3 Å². The summed E-state index contributed by atoms with van der Waals surface area (Å²) in [7, 11) is 1.59. The number of oxazole rings is 1. The van der Waals surface area contributed by atoms with E-state index in [1.807, 2.05) is 0 Å². The number of aliphatic carboxylic acids is 1. The van der Waals surface area contributed by atoms with Crippen molar-refractivity contribution in [1.29, 1.82) is 0 Å². The van der Waals surface area contributed by atoms with Crippen LogP contribution < -0.4 is 10.5 Å². The third-order valence-electron chi connectivity index (χ3n) is 2.35. The lowest BCUT2D eigenvalue weighted by molar-refractivity contribution is -0.137. The minimum Gasteiger partial charge on any atom is -0.493 e. The summed E-state index contributed by atoms with van der Waals surface area (Å²) in [5.41, 5.74) is 1.09. The number of benzene rings is 1. The molecule has 0 spiro atoms. The summed E-state index contributed by atoms with van der Waals surface area (Å²) >= 11 is 0. The number of carboxylic acids is 1. The number of hydrogen-bond acceptors (Lipinski definition) is 4. The molecule has 1 N–H and O–H groups in total. The smallest absolute Gasteiger partial charge is 0.419 e. The number of aryl methyl sites for hydroxylation is 1. The van der Waals surface area contributed by atoms with Gasteiger partial charge in [0.1, 0.15) is 5.75 Å². The Morgan fingerprint density at radius 1 is 1.53 bits per heavy atom. The van der Waals surface area contributed by atoms with Gasteiger partial charge in [0.05, 0.1) is 18.5 Å². The van der Waals surface area contributed by atoms with Crippen LogP contribution >= 0.6 is 0 Å². The Morgan fingerprint density at radius 3 is 3.00 bits per heavy atom. The van der Waals surface area contributed by atoms with Gasteiger partial charge in [0.2, 0.25) is 0 Å². The molecule has 6 heteroatoms. The van der Waals surface area contributed by atoms with Gasteiger partial charge in [-0.3, -0.25) is 9.36 Å². The molecule has 0 fully saturated rings. The van der Waals surface area contributed by atoms with Crippen molar-refractivity contribution in [1.82, 2.24) is 4.57 Å². The number of carbonyl (C=O) groups is 1. The van der Waals surface area contributed by atoms with Gasteiger partial charge in [-0.1, -0.05) is 0 Å². The maximum absolute atomic E-state index is 11.2. The summed E-state index contributed by atoms with van der Waals surface area (Å²) in [6.07, 6.45) is -0.0671. The molecule has 0 amide bonds. The molecule has 17 heavy (non-hydrogen) atoms. The fourth-order valence-corrected chi connectivity index (χ4v) is 1.45. The first-order valence-electron chi connectivity index (χ1n) is 5.02. The van der Waals surface area contributed by atoms with E-state index in [2.05, 4.69) is 0 Å². The fraction of sp³-hybridized carbons (Fsp3) is 0.273. The molecule has 0 aliphatic carbocycles. The van der Waals surface area contributed by atoms with Crippen LogP contribution in [0.15, 0.2) is 27.4 Å². The van der Waals surface area contributed by atoms with Crippen LogP contribution in [0.3, 0.4) is 0 Å². The van der Waals surface area contributed by atoms with E-state index in [0.717, 1.165) is 0 Å². The van der Waals surface area contributed by atoms with Crippen molar-refractivity contribution in [2.75, 3.05) is 6.61 Å². The van der Waals surface area contributed by atoms with Crippen LogP contribution in [0.5, 0.6) is 5.75 Å². The Balaban J connectivity index is 2.22. The van der Waals surface area contributed by atoms with E-state index in [1.165, 1.54) is 4.57 Å². The molecule has 0 unspecified atom stereocenters. The lowest BCUT2D eigenvalue weighted by Crippen LogP contribution is -2.08. The van der Waals surface area contributed by atoms with Gasteiger partial charge in [0.25, 0.3) is 0 Å². The van der Waals surface area contributed by atoms with Gasteiger partial charge >= 0.3 is 11.7 Å². The molecular formula is C11H11NO5. The predicted octanol–water partition coefficient (Wildman–Crippen LogP) is 0.985. The van der Waals surface area contributed by atoms with Gasteiger partial charge in [-0.05, 0) is 12.1 Å². The monoisotopic (exact) mass is 237 g/mol. The maximum Gasteiger partial charge on any atom is 0.419 e. The van der Waals surface area contributed by atoms with Crippen molar-refractivity contribution in [2.45, 2.75) is 6.42 Å². The van der Waals surface area contributed by atoms with E-state index in [9.17, 15) is 9.59 Å². The van der Waals surface area contributed by atoms with Crippen molar-refractivity contribution in [3.8, 4) is 5.75 Å². The number of rotatable bonds is 4. The second-order valence-electron chi connectivity index (χ2n) is 3.55. The van der Waals surface area contributed by atoms with Crippen LogP contribution in [0.2, 0.25) is 0 Å². The molecule has 0 saturated heterocycles. The third kappa shape index (κ3) is 2.30. The van der Waals surface area contributed by atoms with Crippen LogP contribution in [0.4, 0.5) is 0 Å². The van der Waals surface area contributed by atoms with Crippen LogP contribution in [0.25, 0.3) is 11.1 Å².